The summed E-state index contributed by atoms with van der Waals surface area (Å²) in [7, 11) is -3.25. The average molecular weight is 636 g/mol. The number of hydrogen-bond acceptors (Lipinski definition) is 2. The minimum atomic E-state index is -3.25. The van der Waals surface area contributed by atoms with Crippen LogP contribution in [0.1, 0.15) is 30.5 Å². The summed E-state index contributed by atoms with van der Waals surface area (Å²) in [5.41, 5.74) is 7.79. The van der Waals surface area contributed by atoms with E-state index < -0.39 is 7.14 Å². The minimum absolute atomic E-state index is 0.341. The van der Waals surface area contributed by atoms with E-state index in [2.05, 4.69) is 105 Å². The predicted molar refractivity (Wildman–Crippen MR) is 204 cm³/mol. The molecule has 0 saturated carbocycles. The molecule has 0 aliphatic heterocycles. The lowest BCUT2D eigenvalue weighted by atomic mass is 9.81. The van der Waals surface area contributed by atoms with Crippen LogP contribution in [-0.2, 0) is 9.98 Å². The molecular weight excluding hydrogens is 601 g/mol. The number of aromatic nitrogens is 1. The second kappa shape index (κ2) is 10.6. The van der Waals surface area contributed by atoms with Crippen LogP contribution in [0.3, 0.4) is 0 Å². The molecule has 0 saturated heterocycles. The lowest BCUT2D eigenvalue weighted by molar-refractivity contribution is 0.592. The van der Waals surface area contributed by atoms with E-state index in [-0.39, 0.29) is 5.41 Å². The Hall–Kier alpha value is -5.30. The number of nitrogens with zero attached hydrogens (tertiary/aromatic N) is 1. The second-order valence-corrected chi connectivity index (χ2v) is 16.4. The van der Waals surface area contributed by atoms with Crippen molar-refractivity contribution in [3.05, 3.63) is 169 Å². The van der Waals surface area contributed by atoms with Crippen molar-refractivity contribution in [3.8, 4) is 22.3 Å². The Morgan fingerprint density at radius 1 is 0.500 bits per heavy atom. The van der Waals surface area contributed by atoms with Gasteiger partial charge in [0.15, 0.2) is 7.14 Å². The molecule has 0 spiro atoms. The van der Waals surface area contributed by atoms with Gasteiger partial charge in [-0.2, -0.15) is 0 Å². The van der Waals surface area contributed by atoms with Gasteiger partial charge in [-0.25, -0.2) is 0 Å². The van der Waals surface area contributed by atoms with Crippen LogP contribution in [0, 0.1) is 6.92 Å². The highest BCUT2D eigenvalue weighted by Gasteiger charge is 2.40. The lowest BCUT2D eigenvalue weighted by Gasteiger charge is -2.26. The summed E-state index contributed by atoms with van der Waals surface area (Å²) < 4.78 is 15.8. The van der Waals surface area contributed by atoms with Gasteiger partial charge in [0.25, 0.3) is 0 Å². The normalized spacial score (nSPS) is 13.6. The summed E-state index contributed by atoms with van der Waals surface area (Å²) in [5.74, 6) is 0. The highest BCUT2D eigenvalue weighted by atomic mass is 31.2. The summed E-state index contributed by atoms with van der Waals surface area (Å²) in [6.45, 7) is 6.73. The summed E-state index contributed by atoms with van der Waals surface area (Å²) in [4.78, 5) is 4.64. The summed E-state index contributed by atoms with van der Waals surface area (Å²) >= 11 is 0. The highest BCUT2D eigenvalue weighted by Crippen LogP contribution is 2.56. The molecule has 0 N–H and O–H groups in total. The van der Waals surface area contributed by atoms with Crippen LogP contribution >= 0.6 is 7.14 Å². The number of benzene rings is 7. The monoisotopic (exact) mass is 635 g/mol. The van der Waals surface area contributed by atoms with E-state index in [0.29, 0.717) is 0 Å². The third-order valence-corrected chi connectivity index (χ3v) is 13.4. The van der Waals surface area contributed by atoms with Gasteiger partial charge in [-0.05, 0) is 103 Å². The van der Waals surface area contributed by atoms with Crippen molar-refractivity contribution in [2.75, 3.05) is 0 Å². The molecular formula is C45H34NOP. The maximum atomic E-state index is 15.8. The van der Waals surface area contributed by atoms with Gasteiger partial charge in [0.2, 0.25) is 0 Å². The SMILES string of the molecule is Cc1cncc(-c2cc(P(=O)(c3ccccc3)c3ccccc3)cc3c2-c2cc4c5ccccc5c5ccccc5c4cc2C3(C)C)c1. The first-order valence-electron chi connectivity index (χ1n) is 16.6. The number of hydrogen-bond donors (Lipinski definition) is 0. The summed E-state index contributed by atoms with van der Waals surface area (Å²) in [6, 6.07) is 49.0. The Balaban J connectivity index is 1.42. The van der Waals surface area contributed by atoms with Gasteiger partial charge in [-0.1, -0.05) is 123 Å². The van der Waals surface area contributed by atoms with Crippen molar-refractivity contribution in [1.29, 1.82) is 0 Å². The fourth-order valence-electron chi connectivity index (χ4n) is 8.06. The van der Waals surface area contributed by atoms with E-state index in [1.807, 2.05) is 73.1 Å². The third-order valence-electron chi connectivity index (χ3n) is 10.4. The first-order chi connectivity index (χ1) is 23.4. The Kier molecular flexibility index (Phi) is 6.38. The van der Waals surface area contributed by atoms with Gasteiger partial charge in [-0.3, -0.25) is 4.98 Å². The number of pyridine rings is 1. The molecule has 48 heavy (non-hydrogen) atoms. The zero-order valence-electron chi connectivity index (χ0n) is 27.2. The van der Waals surface area contributed by atoms with Crippen molar-refractivity contribution in [1.82, 2.24) is 4.98 Å². The number of fused-ring (bicyclic) bond motifs is 9. The quantitative estimate of drug-likeness (QED) is 0.142. The molecule has 0 atom stereocenters. The van der Waals surface area contributed by atoms with E-state index >= 15 is 4.57 Å². The van der Waals surface area contributed by atoms with Gasteiger partial charge in [0.1, 0.15) is 0 Å². The first kappa shape index (κ1) is 28.9. The topological polar surface area (TPSA) is 30.0 Å². The van der Waals surface area contributed by atoms with E-state index in [0.717, 1.165) is 32.6 Å². The van der Waals surface area contributed by atoms with Crippen LogP contribution in [0.4, 0.5) is 0 Å². The van der Waals surface area contributed by atoms with Crippen molar-refractivity contribution in [2.45, 2.75) is 26.2 Å². The molecule has 9 rings (SSSR count). The average Bonchev–Trinajstić information content (AvgIpc) is 3.36. The van der Waals surface area contributed by atoms with Crippen molar-refractivity contribution >= 4 is 55.4 Å². The van der Waals surface area contributed by atoms with Crippen LogP contribution < -0.4 is 15.9 Å². The van der Waals surface area contributed by atoms with Gasteiger partial charge >= 0.3 is 0 Å². The fraction of sp³-hybridized carbons (Fsp3) is 0.0889. The molecule has 1 aromatic heterocycles. The number of rotatable bonds is 4. The zero-order valence-corrected chi connectivity index (χ0v) is 28.1. The predicted octanol–water partition coefficient (Wildman–Crippen LogP) is 10.5. The van der Waals surface area contributed by atoms with E-state index in [1.54, 1.807) is 0 Å². The van der Waals surface area contributed by atoms with Crippen LogP contribution in [0.5, 0.6) is 0 Å². The second-order valence-electron chi connectivity index (χ2n) is 13.6. The molecule has 1 aliphatic carbocycles. The molecule has 0 bridgehead atoms. The van der Waals surface area contributed by atoms with E-state index in [4.69, 9.17) is 0 Å². The van der Waals surface area contributed by atoms with Crippen LogP contribution in [0.2, 0.25) is 0 Å². The fourth-order valence-corrected chi connectivity index (χ4v) is 10.8. The van der Waals surface area contributed by atoms with Gasteiger partial charge in [-0.15, -0.1) is 0 Å². The molecule has 0 fully saturated rings. The van der Waals surface area contributed by atoms with E-state index in [9.17, 15) is 0 Å². The van der Waals surface area contributed by atoms with E-state index in [1.165, 1.54) is 54.6 Å². The van der Waals surface area contributed by atoms with Gasteiger partial charge in [0.05, 0.1) is 0 Å². The largest absolute Gasteiger partial charge is 0.309 e. The molecule has 7 aromatic carbocycles. The third kappa shape index (κ3) is 4.13. The minimum Gasteiger partial charge on any atom is -0.309 e. The van der Waals surface area contributed by atoms with Gasteiger partial charge < -0.3 is 4.57 Å². The molecule has 8 aromatic rings. The Bertz CT molecular complexity index is 2580. The Labute approximate surface area is 281 Å². The maximum absolute atomic E-state index is 15.8. The maximum Gasteiger partial charge on any atom is 0.171 e. The molecule has 1 aliphatic rings. The standard InChI is InChI=1S/C45H34NOP/c1-29-22-30(28-46-27-29)38-23-33(48(47,31-14-6-4-7-15-31)32-16-8-5-9-17-32)24-43-44(38)41-25-39-36-20-12-10-18-34(36)35-19-11-13-21-37(35)40(39)26-42(41)45(43,2)3/h4-28H,1-3H3. The molecule has 3 heteroatoms. The molecule has 0 amide bonds. The first-order valence-corrected chi connectivity index (χ1v) is 18.3. The summed E-state index contributed by atoms with van der Waals surface area (Å²) in [6.07, 6.45) is 3.85. The Morgan fingerprint density at radius 2 is 1.02 bits per heavy atom. The van der Waals surface area contributed by atoms with Crippen molar-refractivity contribution in [3.63, 3.8) is 0 Å². The van der Waals surface area contributed by atoms with Crippen LogP contribution in [0.15, 0.2) is 152 Å². The molecule has 230 valence electrons. The highest BCUT2D eigenvalue weighted by molar-refractivity contribution is 7.85. The van der Waals surface area contributed by atoms with Crippen molar-refractivity contribution < 1.29 is 4.57 Å². The van der Waals surface area contributed by atoms with Crippen LogP contribution in [0.25, 0.3) is 54.6 Å². The molecule has 0 radical (unpaired) electrons. The van der Waals surface area contributed by atoms with Gasteiger partial charge in [0, 0.05) is 39.3 Å². The van der Waals surface area contributed by atoms with Crippen LogP contribution in [-0.4, -0.2) is 4.98 Å². The van der Waals surface area contributed by atoms with Crippen molar-refractivity contribution in [2.24, 2.45) is 0 Å². The number of aryl methyl sites for hydroxylation is 1. The molecule has 2 nitrogen and oxygen atoms in total. The summed E-state index contributed by atoms with van der Waals surface area (Å²) in [5, 5.41) is 10.1. The molecule has 0 unspecified atom stereocenters. The smallest absolute Gasteiger partial charge is 0.171 e. The molecule has 1 heterocycles. The lowest BCUT2D eigenvalue weighted by Crippen LogP contribution is -2.27. The zero-order chi connectivity index (χ0) is 32.6. The Morgan fingerprint density at radius 3 is 1.58 bits per heavy atom.